The van der Waals surface area contributed by atoms with Crippen LogP contribution < -0.4 is 0 Å². The summed E-state index contributed by atoms with van der Waals surface area (Å²) >= 11 is 0. The van der Waals surface area contributed by atoms with E-state index < -0.39 is 0 Å². The Morgan fingerprint density at radius 2 is 1.83 bits per heavy atom. The van der Waals surface area contributed by atoms with Crippen molar-refractivity contribution in [2.75, 3.05) is 13.1 Å². The van der Waals surface area contributed by atoms with Crippen LogP contribution in [0.1, 0.15) is 35.2 Å². The molecule has 1 aromatic carbocycles. The van der Waals surface area contributed by atoms with E-state index in [-0.39, 0.29) is 5.78 Å². The van der Waals surface area contributed by atoms with E-state index in [0.717, 1.165) is 13.1 Å². The molecule has 0 N–H and O–H groups in total. The lowest BCUT2D eigenvalue weighted by molar-refractivity contribution is 0.104. The number of ketones is 1. The normalized spacial score (nSPS) is 15.6. The number of hydrogen-bond donors (Lipinski definition) is 0. The molecule has 18 heavy (non-hydrogen) atoms. The fraction of sp³-hybridized carbons (Fsp3) is 0.333. The van der Waals surface area contributed by atoms with Gasteiger partial charge in [-0.3, -0.25) is 4.79 Å². The van der Waals surface area contributed by atoms with E-state index in [0.29, 0.717) is 11.1 Å². The zero-order valence-corrected chi connectivity index (χ0v) is 10.3. The third-order valence-electron chi connectivity index (χ3n) is 3.13. The summed E-state index contributed by atoms with van der Waals surface area (Å²) in [6, 6.07) is 8.77. The van der Waals surface area contributed by atoms with Crippen LogP contribution in [-0.2, 0) is 0 Å². The Morgan fingerprint density at radius 3 is 2.44 bits per heavy atom. The van der Waals surface area contributed by atoms with E-state index in [9.17, 15) is 4.79 Å². The predicted molar refractivity (Wildman–Crippen MR) is 70.1 cm³/mol. The summed E-state index contributed by atoms with van der Waals surface area (Å²) in [5.41, 5.74) is 1.20. The number of benzene rings is 1. The van der Waals surface area contributed by atoms with Gasteiger partial charge >= 0.3 is 0 Å². The first-order chi connectivity index (χ1) is 8.79. The number of piperidine rings is 1. The van der Waals surface area contributed by atoms with Crippen molar-refractivity contribution in [3.05, 3.63) is 47.7 Å². The van der Waals surface area contributed by atoms with E-state index in [4.69, 9.17) is 5.26 Å². The Balaban J connectivity index is 1.98. The number of carbonyl (C=O) groups excluding carboxylic acids is 1. The predicted octanol–water partition coefficient (Wildman–Crippen LogP) is 2.74. The molecule has 1 aromatic rings. The van der Waals surface area contributed by atoms with E-state index in [1.165, 1.54) is 19.3 Å². The summed E-state index contributed by atoms with van der Waals surface area (Å²) < 4.78 is 0. The summed E-state index contributed by atoms with van der Waals surface area (Å²) in [4.78, 5) is 14.1. The average Bonchev–Trinajstić information content (AvgIpc) is 2.46. The van der Waals surface area contributed by atoms with Gasteiger partial charge < -0.3 is 4.90 Å². The molecule has 0 bridgehead atoms. The number of nitriles is 1. The van der Waals surface area contributed by atoms with Crippen LogP contribution in [0.2, 0.25) is 0 Å². The summed E-state index contributed by atoms with van der Waals surface area (Å²) in [6.07, 6.45) is 7.20. The highest BCUT2D eigenvalue weighted by atomic mass is 16.1. The Bertz CT molecular complexity index is 476. The van der Waals surface area contributed by atoms with Crippen molar-refractivity contribution in [3.63, 3.8) is 0 Å². The molecular formula is C15H16N2O. The van der Waals surface area contributed by atoms with Crippen LogP contribution in [0.15, 0.2) is 36.5 Å². The maximum atomic E-state index is 11.9. The summed E-state index contributed by atoms with van der Waals surface area (Å²) in [5, 5.41) is 8.69. The van der Waals surface area contributed by atoms with Crippen LogP contribution in [0.4, 0.5) is 0 Å². The monoisotopic (exact) mass is 240 g/mol. The van der Waals surface area contributed by atoms with E-state index in [2.05, 4.69) is 4.90 Å². The first-order valence-electron chi connectivity index (χ1n) is 6.26. The lowest BCUT2D eigenvalue weighted by Gasteiger charge is -2.24. The molecule has 92 valence electrons. The van der Waals surface area contributed by atoms with Crippen LogP contribution in [0.3, 0.4) is 0 Å². The number of rotatable bonds is 3. The van der Waals surface area contributed by atoms with Crippen LogP contribution in [-0.4, -0.2) is 23.8 Å². The molecule has 0 aliphatic carbocycles. The van der Waals surface area contributed by atoms with Crippen molar-refractivity contribution in [2.45, 2.75) is 19.3 Å². The molecule has 0 radical (unpaired) electrons. The van der Waals surface area contributed by atoms with Gasteiger partial charge in [-0.05, 0) is 43.5 Å². The van der Waals surface area contributed by atoms with Gasteiger partial charge in [0.05, 0.1) is 11.6 Å². The van der Waals surface area contributed by atoms with Crippen molar-refractivity contribution in [2.24, 2.45) is 0 Å². The Kier molecular flexibility index (Phi) is 4.14. The maximum Gasteiger partial charge on any atom is 0.187 e. The number of carbonyl (C=O) groups is 1. The first kappa shape index (κ1) is 12.4. The fourth-order valence-electron chi connectivity index (χ4n) is 2.05. The fourth-order valence-corrected chi connectivity index (χ4v) is 2.05. The van der Waals surface area contributed by atoms with Gasteiger partial charge in [0.2, 0.25) is 0 Å². The second-order valence-electron chi connectivity index (χ2n) is 4.47. The highest BCUT2D eigenvalue weighted by molar-refractivity contribution is 6.04. The number of hydrogen-bond acceptors (Lipinski definition) is 3. The third-order valence-corrected chi connectivity index (χ3v) is 3.13. The maximum absolute atomic E-state index is 11.9. The lowest BCUT2D eigenvalue weighted by Crippen LogP contribution is -2.24. The van der Waals surface area contributed by atoms with Crippen molar-refractivity contribution in [1.82, 2.24) is 4.90 Å². The Hall–Kier alpha value is -2.08. The van der Waals surface area contributed by atoms with Crippen LogP contribution in [0, 0.1) is 11.3 Å². The number of allylic oxidation sites excluding steroid dienone is 1. The summed E-state index contributed by atoms with van der Waals surface area (Å²) in [7, 11) is 0. The molecular weight excluding hydrogens is 224 g/mol. The van der Waals surface area contributed by atoms with Crippen molar-refractivity contribution < 1.29 is 4.79 Å². The standard InChI is InChI=1S/C15H16N2O/c16-12-13-4-6-14(7-5-13)15(18)8-11-17-9-2-1-3-10-17/h4-8,11H,1-3,9-10H2/b11-8+. The molecule has 2 rings (SSSR count). The van der Waals surface area contributed by atoms with Gasteiger partial charge in [-0.15, -0.1) is 0 Å². The van der Waals surface area contributed by atoms with Gasteiger partial charge in [-0.1, -0.05) is 0 Å². The Morgan fingerprint density at radius 1 is 1.17 bits per heavy atom. The molecule has 1 fully saturated rings. The molecule has 3 heteroatoms. The molecule has 1 aliphatic rings. The molecule has 1 saturated heterocycles. The summed E-state index contributed by atoms with van der Waals surface area (Å²) in [6.45, 7) is 2.08. The largest absolute Gasteiger partial charge is 0.377 e. The van der Waals surface area contributed by atoms with Crippen LogP contribution >= 0.6 is 0 Å². The minimum Gasteiger partial charge on any atom is -0.377 e. The first-order valence-corrected chi connectivity index (χ1v) is 6.26. The van der Waals surface area contributed by atoms with Crippen molar-refractivity contribution in [1.29, 1.82) is 5.26 Å². The van der Waals surface area contributed by atoms with Gasteiger partial charge in [0.1, 0.15) is 0 Å². The SMILES string of the molecule is N#Cc1ccc(C(=O)/C=C/N2CCCCC2)cc1. The van der Waals surface area contributed by atoms with Crippen LogP contribution in [0.5, 0.6) is 0 Å². The van der Waals surface area contributed by atoms with Crippen molar-refractivity contribution >= 4 is 5.78 Å². The molecule has 0 amide bonds. The Labute approximate surface area is 107 Å². The zero-order chi connectivity index (χ0) is 12.8. The molecule has 0 spiro atoms. The summed E-state index contributed by atoms with van der Waals surface area (Å²) in [5.74, 6) is -0.00920. The van der Waals surface area contributed by atoms with E-state index in [1.807, 2.05) is 12.3 Å². The molecule has 0 aromatic heterocycles. The zero-order valence-electron chi connectivity index (χ0n) is 10.3. The smallest absolute Gasteiger partial charge is 0.187 e. The van der Waals surface area contributed by atoms with E-state index in [1.54, 1.807) is 30.3 Å². The van der Waals surface area contributed by atoms with Gasteiger partial charge in [-0.25, -0.2) is 0 Å². The second-order valence-corrected chi connectivity index (χ2v) is 4.47. The number of nitrogens with zero attached hydrogens (tertiary/aromatic N) is 2. The minimum absolute atomic E-state index is 0.00920. The molecule has 0 unspecified atom stereocenters. The molecule has 1 heterocycles. The average molecular weight is 240 g/mol. The lowest BCUT2D eigenvalue weighted by atomic mass is 10.1. The highest BCUT2D eigenvalue weighted by Gasteiger charge is 2.06. The number of likely N-dealkylation sites (tertiary alicyclic amines) is 1. The second kappa shape index (κ2) is 6.02. The van der Waals surface area contributed by atoms with Crippen LogP contribution in [0.25, 0.3) is 0 Å². The topological polar surface area (TPSA) is 44.1 Å². The minimum atomic E-state index is -0.00920. The van der Waals surface area contributed by atoms with E-state index >= 15 is 0 Å². The quantitative estimate of drug-likeness (QED) is 0.602. The molecule has 0 atom stereocenters. The van der Waals surface area contributed by atoms with Gasteiger partial charge in [0.15, 0.2) is 5.78 Å². The molecule has 3 nitrogen and oxygen atoms in total. The van der Waals surface area contributed by atoms with Gasteiger partial charge in [0, 0.05) is 30.9 Å². The highest BCUT2D eigenvalue weighted by Crippen LogP contribution is 2.10. The molecule has 1 aliphatic heterocycles. The van der Waals surface area contributed by atoms with Gasteiger partial charge in [0.25, 0.3) is 0 Å². The van der Waals surface area contributed by atoms with Crippen molar-refractivity contribution in [3.8, 4) is 6.07 Å². The molecule has 0 saturated carbocycles. The third kappa shape index (κ3) is 3.21. The van der Waals surface area contributed by atoms with Gasteiger partial charge in [-0.2, -0.15) is 5.26 Å².